The summed E-state index contributed by atoms with van der Waals surface area (Å²) in [5.74, 6) is 0.212. The summed E-state index contributed by atoms with van der Waals surface area (Å²) in [6.07, 6.45) is -0.198. The molecule has 2 amide bonds. The number of nitrogens with zero attached hydrogens (tertiary/aromatic N) is 1. The van der Waals surface area contributed by atoms with Gasteiger partial charge < -0.3 is 20.1 Å². The van der Waals surface area contributed by atoms with Crippen molar-refractivity contribution in [3.63, 3.8) is 0 Å². The summed E-state index contributed by atoms with van der Waals surface area (Å²) in [6, 6.07) is 7.03. The first kappa shape index (κ1) is 16.6. The molecular weight excluding hydrogens is 280 g/mol. The van der Waals surface area contributed by atoms with Gasteiger partial charge in [0.2, 0.25) is 0 Å². The molecule has 2 unspecified atom stereocenters. The second kappa shape index (κ2) is 6.57. The second-order valence-electron chi connectivity index (χ2n) is 6.94. The van der Waals surface area contributed by atoms with Crippen LogP contribution in [0.4, 0.5) is 4.79 Å². The van der Waals surface area contributed by atoms with Gasteiger partial charge in [-0.1, -0.05) is 32.9 Å². The largest absolute Gasteiger partial charge is 0.508 e. The fourth-order valence-corrected chi connectivity index (χ4v) is 2.25. The number of carbonyl (C=O) groups is 1. The second-order valence-corrected chi connectivity index (χ2v) is 6.94. The van der Waals surface area contributed by atoms with Gasteiger partial charge >= 0.3 is 6.03 Å². The van der Waals surface area contributed by atoms with Crippen LogP contribution >= 0.6 is 0 Å². The highest BCUT2D eigenvalue weighted by Gasteiger charge is 2.28. The molecule has 5 heteroatoms. The Morgan fingerprint density at radius 1 is 1.45 bits per heavy atom. The Hall–Kier alpha value is -1.75. The van der Waals surface area contributed by atoms with Gasteiger partial charge in [0.25, 0.3) is 0 Å². The van der Waals surface area contributed by atoms with Gasteiger partial charge in [0.05, 0.1) is 13.2 Å². The molecule has 122 valence electrons. The number of morpholine rings is 1. The Morgan fingerprint density at radius 3 is 2.82 bits per heavy atom. The summed E-state index contributed by atoms with van der Waals surface area (Å²) >= 11 is 0. The van der Waals surface area contributed by atoms with Crippen LogP contribution in [0.5, 0.6) is 5.75 Å². The molecule has 0 saturated carbocycles. The Labute approximate surface area is 132 Å². The molecule has 0 radical (unpaired) electrons. The number of benzene rings is 1. The van der Waals surface area contributed by atoms with E-state index >= 15 is 0 Å². The molecule has 5 nitrogen and oxygen atoms in total. The summed E-state index contributed by atoms with van der Waals surface area (Å²) in [6.45, 7) is 9.90. The number of phenolic OH excluding ortho intramolecular Hbond substituents is 1. The number of hydrogen-bond acceptors (Lipinski definition) is 3. The number of nitrogens with one attached hydrogen (secondary N) is 1. The Kier molecular flexibility index (Phi) is 4.96. The van der Waals surface area contributed by atoms with E-state index < -0.39 is 0 Å². The first-order valence-corrected chi connectivity index (χ1v) is 7.73. The Balaban J connectivity index is 2.00. The minimum atomic E-state index is -0.198. The Bertz CT molecular complexity index is 525. The van der Waals surface area contributed by atoms with Crippen molar-refractivity contribution < 1.29 is 14.6 Å². The maximum atomic E-state index is 12.4. The van der Waals surface area contributed by atoms with Crippen LogP contribution in [0.2, 0.25) is 0 Å². The van der Waals surface area contributed by atoms with E-state index in [-0.39, 0.29) is 29.3 Å². The monoisotopic (exact) mass is 306 g/mol. The van der Waals surface area contributed by atoms with Gasteiger partial charge in [0.15, 0.2) is 0 Å². The molecule has 1 aromatic rings. The predicted molar refractivity (Wildman–Crippen MR) is 85.8 cm³/mol. The lowest BCUT2D eigenvalue weighted by atomic mass is 9.88. The number of ether oxygens (including phenoxy) is 1. The van der Waals surface area contributed by atoms with Gasteiger partial charge in [-0.25, -0.2) is 4.79 Å². The van der Waals surface area contributed by atoms with E-state index in [9.17, 15) is 9.90 Å². The lowest BCUT2D eigenvalue weighted by molar-refractivity contribution is -0.0162. The van der Waals surface area contributed by atoms with Crippen LogP contribution < -0.4 is 5.32 Å². The zero-order chi connectivity index (χ0) is 16.3. The van der Waals surface area contributed by atoms with E-state index in [0.29, 0.717) is 19.7 Å². The summed E-state index contributed by atoms with van der Waals surface area (Å²) < 4.78 is 5.74. The number of amides is 2. The first-order chi connectivity index (χ1) is 10.3. The lowest BCUT2D eigenvalue weighted by Crippen LogP contribution is -2.51. The highest BCUT2D eigenvalue weighted by atomic mass is 16.5. The van der Waals surface area contributed by atoms with Gasteiger partial charge in [-0.2, -0.15) is 0 Å². The fourth-order valence-electron chi connectivity index (χ4n) is 2.25. The first-order valence-electron chi connectivity index (χ1n) is 7.73. The van der Waals surface area contributed by atoms with E-state index in [1.165, 1.54) is 0 Å². The quantitative estimate of drug-likeness (QED) is 0.883. The van der Waals surface area contributed by atoms with Crippen molar-refractivity contribution in [1.29, 1.82) is 0 Å². The number of aromatic hydroxyl groups is 1. The molecule has 1 aromatic carbocycles. The molecule has 2 N–H and O–H groups in total. The normalized spacial score (nSPS) is 20.5. The van der Waals surface area contributed by atoms with Gasteiger partial charge in [-0.3, -0.25) is 0 Å². The maximum Gasteiger partial charge on any atom is 0.317 e. The van der Waals surface area contributed by atoms with E-state index in [1.54, 1.807) is 23.1 Å². The highest BCUT2D eigenvalue weighted by molar-refractivity contribution is 5.74. The van der Waals surface area contributed by atoms with Crippen LogP contribution in [0.1, 0.15) is 39.4 Å². The lowest BCUT2D eigenvalue weighted by Gasteiger charge is -2.36. The SMILES string of the molecule is CC(NC(=O)N1CCOC(c2cccc(O)c2)C1)C(C)(C)C. The van der Waals surface area contributed by atoms with Crippen LogP contribution in [0.15, 0.2) is 24.3 Å². The van der Waals surface area contributed by atoms with Crippen molar-refractivity contribution in [3.05, 3.63) is 29.8 Å². The van der Waals surface area contributed by atoms with E-state index in [2.05, 4.69) is 26.1 Å². The van der Waals surface area contributed by atoms with Crippen molar-refractivity contribution in [3.8, 4) is 5.75 Å². The standard InChI is InChI=1S/C17H26N2O3/c1-12(17(2,3)4)18-16(21)19-8-9-22-15(11-19)13-6-5-7-14(20)10-13/h5-7,10,12,15,20H,8-9,11H2,1-4H3,(H,18,21). The van der Waals surface area contributed by atoms with E-state index in [1.807, 2.05) is 13.0 Å². The van der Waals surface area contributed by atoms with E-state index in [0.717, 1.165) is 5.56 Å². The van der Waals surface area contributed by atoms with Gasteiger partial charge in [-0.05, 0) is 30.0 Å². The third kappa shape index (κ3) is 4.13. The summed E-state index contributed by atoms with van der Waals surface area (Å²) in [5.41, 5.74) is 0.911. The van der Waals surface area contributed by atoms with Crippen molar-refractivity contribution >= 4 is 6.03 Å². The van der Waals surface area contributed by atoms with Crippen LogP contribution in [-0.2, 0) is 4.74 Å². The molecule has 1 aliphatic heterocycles. The van der Waals surface area contributed by atoms with Gasteiger partial charge in [0.1, 0.15) is 11.9 Å². The van der Waals surface area contributed by atoms with E-state index in [4.69, 9.17) is 4.74 Å². The zero-order valence-electron chi connectivity index (χ0n) is 13.8. The van der Waals surface area contributed by atoms with Gasteiger partial charge in [0, 0.05) is 12.6 Å². The topological polar surface area (TPSA) is 61.8 Å². The minimum absolute atomic E-state index is 0.0204. The smallest absolute Gasteiger partial charge is 0.317 e. The minimum Gasteiger partial charge on any atom is -0.508 e. The maximum absolute atomic E-state index is 12.4. The van der Waals surface area contributed by atoms with Crippen molar-refractivity contribution in [2.24, 2.45) is 5.41 Å². The van der Waals surface area contributed by atoms with Crippen LogP contribution in [0, 0.1) is 5.41 Å². The number of phenols is 1. The molecule has 0 spiro atoms. The number of urea groups is 1. The van der Waals surface area contributed by atoms with Crippen molar-refractivity contribution in [2.75, 3.05) is 19.7 Å². The molecular formula is C17H26N2O3. The van der Waals surface area contributed by atoms with Crippen molar-refractivity contribution in [2.45, 2.75) is 39.8 Å². The molecule has 1 saturated heterocycles. The molecule has 2 rings (SSSR count). The zero-order valence-corrected chi connectivity index (χ0v) is 13.8. The Morgan fingerprint density at radius 2 is 2.18 bits per heavy atom. The van der Waals surface area contributed by atoms with Crippen LogP contribution in [0.25, 0.3) is 0 Å². The third-order valence-corrected chi connectivity index (χ3v) is 4.23. The molecule has 1 aliphatic rings. The fraction of sp³-hybridized carbons (Fsp3) is 0.588. The molecule has 0 bridgehead atoms. The third-order valence-electron chi connectivity index (χ3n) is 4.23. The molecule has 2 atom stereocenters. The van der Waals surface area contributed by atoms with Crippen LogP contribution in [0.3, 0.4) is 0 Å². The molecule has 0 aromatic heterocycles. The van der Waals surface area contributed by atoms with Crippen LogP contribution in [-0.4, -0.2) is 41.8 Å². The average Bonchev–Trinajstić information content (AvgIpc) is 2.46. The summed E-state index contributed by atoms with van der Waals surface area (Å²) in [5, 5.41) is 12.6. The van der Waals surface area contributed by atoms with Gasteiger partial charge in [-0.15, -0.1) is 0 Å². The molecule has 22 heavy (non-hydrogen) atoms. The number of hydrogen-bond donors (Lipinski definition) is 2. The number of rotatable bonds is 2. The summed E-state index contributed by atoms with van der Waals surface area (Å²) in [7, 11) is 0. The molecule has 1 heterocycles. The number of carbonyl (C=O) groups excluding carboxylic acids is 1. The average molecular weight is 306 g/mol. The summed E-state index contributed by atoms with van der Waals surface area (Å²) in [4.78, 5) is 14.2. The predicted octanol–water partition coefficient (Wildman–Crippen LogP) is 2.91. The highest BCUT2D eigenvalue weighted by Crippen LogP contribution is 2.25. The molecule has 1 fully saturated rings. The molecule has 0 aliphatic carbocycles. The van der Waals surface area contributed by atoms with Crippen molar-refractivity contribution in [1.82, 2.24) is 10.2 Å².